The van der Waals surface area contributed by atoms with Crippen molar-refractivity contribution in [1.29, 1.82) is 0 Å². The van der Waals surface area contributed by atoms with Crippen molar-refractivity contribution in [3.63, 3.8) is 0 Å². The molecular formula is C7H13F3N2O2. The van der Waals surface area contributed by atoms with Crippen LogP contribution < -0.4 is 11.1 Å². The van der Waals surface area contributed by atoms with Gasteiger partial charge in [-0.2, -0.15) is 13.2 Å². The lowest BCUT2D eigenvalue weighted by atomic mass is 10.3. The molecular weight excluding hydrogens is 201 g/mol. The van der Waals surface area contributed by atoms with Crippen LogP contribution in [0.1, 0.15) is 6.92 Å². The number of alkyl halides is 3. The van der Waals surface area contributed by atoms with Crippen LogP contribution in [0, 0.1) is 0 Å². The van der Waals surface area contributed by atoms with E-state index in [2.05, 4.69) is 10.1 Å². The number of hydrogen-bond donors (Lipinski definition) is 2. The van der Waals surface area contributed by atoms with Gasteiger partial charge in [0, 0.05) is 6.54 Å². The molecule has 84 valence electrons. The molecule has 0 spiro atoms. The van der Waals surface area contributed by atoms with E-state index in [1.807, 2.05) is 0 Å². The molecule has 0 rings (SSSR count). The van der Waals surface area contributed by atoms with Crippen molar-refractivity contribution in [2.75, 3.05) is 19.8 Å². The molecule has 0 saturated carbocycles. The first-order valence-corrected chi connectivity index (χ1v) is 4.00. The average molecular weight is 214 g/mol. The predicted octanol–water partition coefficient (Wildman–Crippen LogP) is 0.0287. The van der Waals surface area contributed by atoms with E-state index in [1.54, 1.807) is 0 Å². The Morgan fingerprint density at radius 1 is 1.57 bits per heavy atom. The lowest BCUT2D eigenvalue weighted by Crippen LogP contribution is -2.39. The lowest BCUT2D eigenvalue weighted by molar-refractivity contribution is -0.173. The van der Waals surface area contributed by atoms with Gasteiger partial charge in [-0.25, -0.2) is 0 Å². The van der Waals surface area contributed by atoms with E-state index < -0.39 is 24.7 Å². The second-order valence-corrected chi connectivity index (χ2v) is 2.75. The third-order valence-corrected chi connectivity index (χ3v) is 1.22. The number of nitrogens with one attached hydrogen (secondary N) is 1. The number of hydrogen-bond acceptors (Lipinski definition) is 3. The van der Waals surface area contributed by atoms with Crippen LogP contribution in [0.25, 0.3) is 0 Å². The monoisotopic (exact) mass is 214 g/mol. The largest absolute Gasteiger partial charge is 0.411 e. The van der Waals surface area contributed by atoms with Crippen LogP contribution in [0.2, 0.25) is 0 Å². The number of rotatable bonds is 5. The van der Waals surface area contributed by atoms with Gasteiger partial charge in [-0.1, -0.05) is 0 Å². The summed E-state index contributed by atoms with van der Waals surface area (Å²) < 4.78 is 38.9. The standard InChI is InChI=1S/C7H13F3N2O2/c1-5(11)6(13)12-2-3-14-4-7(8,9)10/h5H,2-4,11H2,1H3,(H,12,13)/t5-/m1/s1. The Morgan fingerprint density at radius 3 is 2.57 bits per heavy atom. The molecule has 0 heterocycles. The molecule has 0 unspecified atom stereocenters. The van der Waals surface area contributed by atoms with Gasteiger partial charge >= 0.3 is 6.18 Å². The van der Waals surface area contributed by atoms with Crippen molar-refractivity contribution < 1.29 is 22.7 Å². The molecule has 0 fully saturated rings. The summed E-state index contributed by atoms with van der Waals surface area (Å²) in [6.07, 6.45) is -4.33. The summed E-state index contributed by atoms with van der Waals surface area (Å²) in [6, 6.07) is -0.669. The van der Waals surface area contributed by atoms with E-state index in [-0.39, 0.29) is 13.2 Å². The van der Waals surface area contributed by atoms with Gasteiger partial charge in [0.15, 0.2) is 0 Å². The second kappa shape index (κ2) is 5.82. The minimum Gasteiger partial charge on any atom is -0.370 e. The molecule has 1 amide bonds. The third-order valence-electron chi connectivity index (χ3n) is 1.22. The van der Waals surface area contributed by atoms with Crippen molar-refractivity contribution in [1.82, 2.24) is 5.32 Å². The first-order chi connectivity index (χ1) is 6.33. The first kappa shape index (κ1) is 13.2. The zero-order valence-electron chi connectivity index (χ0n) is 7.73. The highest BCUT2D eigenvalue weighted by atomic mass is 19.4. The van der Waals surface area contributed by atoms with Gasteiger partial charge in [0.25, 0.3) is 0 Å². The van der Waals surface area contributed by atoms with Gasteiger partial charge < -0.3 is 15.8 Å². The van der Waals surface area contributed by atoms with E-state index in [4.69, 9.17) is 5.73 Å². The smallest absolute Gasteiger partial charge is 0.370 e. The minimum atomic E-state index is -4.33. The van der Waals surface area contributed by atoms with E-state index in [0.717, 1.165) is 0 Å². The summed E-state index contributed by atoms with van der Waals surface area (Å²) in [5, 5.41) is 2.31. The van der Waals surface area contributed by atoms with Crippen molar-refractivity contribution in [3.8, 4) is 0 Å². The molecule has 1 atom stereocenters. The maximum absolute atomic E-state index is 11.5. The van der Waals surface area contributed by atoms with Crippen LogP contribution >= 0.6 is 0 Å². The number of ether oxygens (including phenoxy) is 1. The third kappa shape index (κ3) is 7.81. The molecule has 4 nitrogen and oxygen atoms in total. The fourth-order valence-corrected chi connectivity index (χ4v) is 0.595. The Hall–Kier alpha value is -0.820. The van der Waals surface area contributed by atoms with Crippen molar-refractivity contribution in [3.05, 3.63) is 0 Å². The zero-order valence-corrected chi connectivity index (χ0v) is 7.73. The Balaban J connectivity index is 3.35. The highest BCUT2D eigenvalue weighted by Crippen LogP contribution is 2.13. The van der Waals surface area contributed by atoms with Crippen LogP contribution in [0.4, 0.5) is 13.2 Å². The van der Waals surface area contributed by atoms with Crippen LogP contribution in [-0.4, -0.2) is 37.9 Å². The summed E-state index contributed by atoms with van der Waals surface area (Å²) in [4.78, 5) is 10.8. The van der Waals surface area contributed by atoms with Gasteiger partial charge in [-0.15, -0.1) is 0 Å². The Bertz CT molecular complexity index is 182. The first-order valence-electron chi connectivity index (χ1n) is 4.00. The molecule has 0 aliphatic rings. The molecule has 0 radical (unpaired) electrons. The SMILES string of the molecule is C[C@@H](N)C(=O)NCCOCC(F)(F)F. The molecule has 0 bridgehead atoms. The molecule has 14 heavy (non-hydrogen) atoms. The molecule has 0 aromatic rings. The molecule has 7 heteroatoms. The highest BCUT2D eigenvalue weighted by Gasteiger charge is 2.27. The fourth-order valence-electron chi connectivity index (χ4n) is 0.595. The maximum Gasteiger partial charge on any atom is 0.411 e. The highest BCUT2D eigenvalue weighted by molar-refractivity contribution is 5.80. The Morgan fingerprint density at radius 2 is 2.14 bits per heavy atom. The van der Waals surface area contributed by atoms with Gasteiger partial charge in [0.1, 0.15) is 6.61 Å². The normalized spacial score (nSPS) is 13.8. The van der Waals surface area contributed by atoms with E-state index >= 15 is 0 Å². The Labute approximate surface area is 79.6 Å². The molecule has 0 aromatic carbocycles. The van der Waals surface area contributed by atoms with Crippen molar-refractivity contribution >= 4 is 5.91 Å². The number of amides is 1. The van der Waals surface area contributed by atoms with E-state index in [9.17, 15) is 18.0 Å². The van der Waals surface area contributed by atoms with Gasteiger partial charge in [0.05, 0.1) is 12.6 Å². The summed E-state index contributed by atoms with van der Waals surface area (Å²) >= 11 is 0. The lowest BCUT2D eigenvalue weighted by Gasteiger charge is -2.09. The van der Waals surface area contributed by atoms with E-state index in [0.29, 0.717) is 0 Å². The summed E-state index contributed by atoms with van der Waals surface area (Å²) in [5.74, 6) is -0.416. The number of halogens is 3. The van der Waals surface area contributed by atoms with Gasteiger partial charge in [0.2, 0.25) is 5.91 Å². The summed E-state index contributed by atoms with van der Waals surface area (Å²) in [5.41, 5.74) is 5.19. The van der Waals surface area contributed by atoms with Gasteiger partial charge in [-0.3, -0.25) is 4.79 Å². The number of carbonyl (C=O) groups is 1. The molecule has 3 N–H and O–H groups in total. The van der Waals surface area contributed by atoms with Crippen molar-refractivity contribution in [2.45, 2.75) is 19.1 Å². The van der Waals surface area contributed by atoms with E-state index in [1.165, 1.54) is 6.92 Å². The minimum absolute atomic E-state index is 0.0243. The number of nitrogens with two attached hydrogens (primary N) is 1. The average Bonchev–Trinajstić information content (AvgIpc) is 2.01. The quantitative estimate of drug-likeness (QED) is 0.634. The molecule has 0 saturated heterocycles. The van der Waals surface area contributed by atoms with Crippen LogP contribution in [-0.2, 0) is 9.53 Å². The van der Waals surface area contributed by atoms with Crippen LogP contribution in [0.5, 0.6) is 0 Å². The Kier molecular flexibility index (Phi) is 5.47. The van der Waals surface area contributed by atoms with Gasteiger partial charge in [-0.05, 0) is 6.92 Å². The molecule has 0 aliphatic carbocycles. The number of carbonyl (C=O) groups excluding carboxylic acids is 1. The molecule has 0 aliphatic heterocycles. The van der Waals surface area contributed by atoms with Crippen molar-refractivity contribution in [2.24, 2.45) is 5.73 Å². The van der Waals surface area contributed by atoms with Crippen LogP contribution in [0.3, 0.4) is 0 Å². The summed E-state index contributed by atoms with van der Waals surface area (Å²) in [6.45, 7) is 0.0153. The summed E-state index contributed by atoms with van der Waals surface area (Å²) in [7, 11) is 0. The predicted molar refractivity (Wildman–Crippen MR) is 43.5 cm³/mol. The van der Waals surface area contributed by atoms with Crippen LogP contribution in [0.15, 0.2) is 0 Å². The topological polar surface area (TPSA) is 64.4 Å². The second-order valence-electron chi connectivity index (χ2n) is 2.75. The molecule has 0 aromatic heterocycles. The zero-order chi connectivity index (χ0) is 11.2. The fraction of sp³-hybridized carbons (Fsp3) is 0.857. The maximum atomic E-state index is 11.5.